The first-order valence-corrected chi connectivity index (χ1v) is 6.62. The van der Waals surface area contributed by atoms with Crippen LogP contribution in [-0.2, 0) is 11.3 Å². The monoisotopic (exact) mass is 288 g/mol. The quantitative estimate of drug-likeness (QED) is 0.692. The second-order valence-corrected chi connectivity index (χ2v) is 4.45. The molecule has 0 bridgehead atoms. The third-order valence-electron chi connectivity index (χ3n) is 2.89. The summed E-state index contributed by atoms with van der Waals surface area (Å²) >= 11 is 0. The van der Waals surface area contributed by atoms with Gasteiger partial charge < -0.3 is 20.5 Å². The molecule has 1 aromatic rings. The number of ether oxygens (including phenoxy) is 2. The fourth-order valence-electron chi connectivity index (χ4n) is 1.92. The summed E-state index contributed by atoms with van der Waals surface area (Å²) < 4.78 is 34.2. The van der Waals surface area contributed by atoms with Crippen molar-refractivity contribution in [2.75, 3.05) is 20.3 Å². The van der Waals surface area contributed by atoms with Crippen LogP contribution in [0.1, 0.15) is 18.4 Å². The molecule has 0 aliphatic rings. The Morgan fingerprint density at radius 3 is 2.70 bits per heavy atom. The molecule has 114 valence electrons. The highest BCUT2D eigenvalue weighted by Gasteiger charge is 2.11. The van der Waals surface area contributed by atoms with Crippen LogP contribution in [0.15, 0.2) is 24.3 Å². The van der Waals surface area contributed by atoms with Crippen molar-refractivity contribution in [2.45, 2.75) is 32.0 Å². The summed E-state index contributed by atoms with van der Waals surface area (Å²) in [5.74, 6) is 0.199. The lowest BCUT2D eigenvalue weighted by atomic mass is 10.1. The van der Waals surface area contributed by atoms with Crippen molar-refractivity contribution >= 4 is 0 Å². The summed E-state index contributed by atoms with van der Waals surface area (Å²) in [5.41, 5.74) is 6.18. The van der Waals surface area contributed by atoms with Gasteiger partial charge in [0.25, 0.3) is 0 Å². The van der Waals surface area contributed by atoms with E-state index in [0.29, 0.717) is 25.3 Å². The van der Waals surface area contributed by atoms with Crippen molar-refractivity contribution < 1.29 is 18.3 Å². The van der Waals surface area contributed by atoms with Gasteiger partial charge in [-0.25, -0.2) is 0 Å². The third-order valence-corrected chi connectivity index (χ3v) is 2.89. The van der Waals surface area contributed by atoms with Crippen molar-refractivity contribution in [1.29, 1.82) is 0 Å². The molecule has 3 N–H and O–H groups in total. The van der Waals surface area contributed by atoms with Crippen molar-refractivity contribution in [3.8, 4) is 5.75 Å². The second kappa shape index (κ2) is 9.63. The third kappa shape index (κ3) is 6.27. The minimum Gasteiger partial charge on any atom is -0.434 e. The molecule has 6 heteroatoms. The Kier molecular flexibility index (Phi) is 8.10. The van der Waals surface area contributed by atoms with Crippen LogP contribution in [-0.4, -0.2) is 32.9 Å². The van der Waals surface area contributed by atoms with E-state index in [0.717, 1.165) is 12.8 Å². The molecule has 1 rings (SSSR count). The van der Waals surface area contributed by atoms with Gasteiger partial charge in [0.15, 0.2) is 0 Å². The molecular weight excluding hydrogens is 266 g/mol. The van der Waals surface area contributed by atoms with Gasteiger partial charge in [0, 0.05) is 25.3 Å². The Labute approximate surface area is 118 Å². The highest BCUT2D eigenvalue weighted by Crippen LogP contribution is 2.20. The van der Waals surface area contributed by atoms with Crippen LogP contribution >= 0.6 is 0 Å². The molecule has 0 heterocycles. The van der Waals surface area contributed by atoms with Crippen LogP contribution in [0.25, 0.3) is 0 Å². The van der Waals surface area contributed by atoms with Gasteiger partial charge in [0.2, 0.25) is 0 Å². The van der Waals surface area contributed by atoms with Gasteiger partial charge in [0.1, 0.15) is 5.75 Å². The molecule has 0 aliphatic carbocycles. The zero-order chi connectivity index (χ0) is 14.8. The van der Waals surface area contributed by atoms with Crippen molar-refractivity contribution in [1.82, 2.24) is 5.32 Å². The highest BCUT2D eigenvalue weighted by molar-refractivity contribution is 5.33. The molecule has 0 aromatic heterocycles. The molecule has 0 saturated carbocycles. The summed E-state index contributed by atoms with van der Waals surface area (Å²) in [6, 6.07) is 6.90. The first-order valence-electron chi connectivity index (χ1n) is 6.62. The fourth-order valence-corrected chi connectivity index (χ4v) is 1.92. The minimum absolute atomic E-state index is 0.142. The SMILES string of the molecule is COCC(CCCN)NCc1ccccc1OC(F)F. The Bertz CT molecular complexity index is 378. The Balaban J connectivity index is 2.57. The van der Waals surface area contributed by atoms with Crippen LogP contribution in [0, 0.1) is 0 Å². The summed E-state index contributed by atoms with van der Waals surface area (Å²) in [6.45, 7) is -1.20. The molecule has 0 aliphatic heterocycles. The molecule has 0 saturated heterocycles. The average Bonchev–Trinajstić information content (AvgIpc) is 2.42. The van der Waals surface area contributed by atoms with Crippen LogP contribution in [0.5, 0.6) is 5.75 Å². The summed E-state index contributed by atoms with van der Waals surface area (Å²) in [7, 11) is 1.63. The van der Waals surface area contributed by atoms with E-state index in [2.05, 4.69) is 10.1 Å². The molecule has 0 spiro atoms. The number of benzene rings is 1. The maximum atomic E-state index is 12.3. The normalized spacial score (nSPS) is 12.7. The first kappa shape index (κ1) is 16.8. The number of alkyl halides is 2. The van der Waals surface area contributed by atoms with Crippen LogP contribution in [0.3, 0.4) is 0 Å². The minimum atomic E-state index is -2.82. The number of hydrogen-bond acceptors (Lipinski definition) is 4. The Morgan fingerprint density at radius 2 is 2.05 bits per heavy atom. The number of hydrogen-bond donors (Lipinski definition) is 2. The number of methoxy groups -OCH3 is 1. The van der Waals surface area contributed by atoms with E-state index in [4.69, 9.17) is 10.5 Å². The summed E-state index contributed by atoms with van der Waals surface area (Å²) in [4.78, 5) is 0. The van der Waals surface area contributed by atoms with E-state index < -0.39 is 6.61 Å². The summed E-state index contributed by atoms with van der Waals surface area (Å²) in [5, 5.41) is 3.28. The van der Waals surface area contributed by atoms with Gasteiger partial charge in [0.05, 0.1) is 6.61 Å². The maximum absolute atomic E-state index is 12.3. The summed E-state index contributed by atoms with van der Waals surface area (Å²) in [6.07, 6.45) is 1.76. The molecule has 1 aromatic carbocycles. The average molecular weight is 288 g/mol. The van der Waals surface area contributed by atoms with E-state index in [1.165, 1.54) is 6.07 Å². The predicted octanol–water partition coefficient (Wildman–Crippen LogP) is 2.13. The Morgan fingerprint density at radius 1 is 1.30 bits per heavy atom. The topological polar surface area (TPSA) is 56.5 Å². The molecule has 20 heavy (non-hydrogen) atoms. The zero-order valence-corrected chi connectivity index (χ0v) is 11.6. The van der Waals surface area contributed by atoms with Crippen LogP contribution < -0.4 is 15.8 Å². The molecule has 1 unspecified atom stereocenters. The van der Waals surface area contributed by atoms with Crippen molar-refractivity contribution in [3.05, 3.63) is 29.8 Å². The number of nitrogens with two attached hydrogens (primary N) is 1. The van der Waals surface area contributed by atoms with Crippen LogP contribution in [0.2, 0.25) is 0 Å². The molecule has 1 atom stereocenters. The van der Waals surface area contributed by atoms with Gasteiger partial charge in [-0.2, -0.15) is 8.78 Å². The Hall–Kier alpha value is -1.24. The van der Waals surface area contributed by atoms with E-state index in [1.54, 1.807) is 25.3 Å². The predicted molar refractivity (Wildman–Crippen MR) is 73.9 cm³/mol. The van der Waals surface area contributed by atoms with E-state index in [-0.39, 0.29) is 11.8 Å². The van der Waals surface area contributed by atoms with E-state index in [9.17, 15) is 8.78 Å². The van der Waals surface area contributed by atoms with Crippen LogP contribution in [0.4, 0.5) is 8.78 Å². The first-order chi connectivity index (χ1) is 9.67. The number of rotatable bonds is 10. The molecule has 4 nitrogen and oxygen atoms in total. The number of halogens is 2. The van der Waals surface area contributed by atoms with Crippen molar-refractivity contribution in [3.63, 3.8) is 0 Å². The molecule has 0 radical (unpaired) electrons. The standard InChI is InChI=1S/C14H22F2N2O2/c1-19-10-12(6-4-8-17)18-9-11-5-2-3-7-13(11)20-14(15)16/h2-3,5,7,12,14,18H,4,6,8-10,17H2,1H3. The van der Waals surface area contributed by atoms with Gasteiger partial charge >= 0.3 is 6.61 Å². The number of nitrogens with one attached hydrogen (secondary N) is 1. The van der Waals surface area contributed by atoms with E-state index >= 15 is 0 Å². The number of para-hydroxylation sites is 1. The van der Waals surface area contributed by atoms with Gasteiger partial charge in [-0.1, -0.05) is 18.2 Å². The fraction of sp³-hybridized carbons (Fsp3) is 0.571. The van der Waals surface area contributed by atoms with Gasteiger partial charge in [-0.05, 0) is 25.5 Å². The van der Waals surface area contributed by atoms with Gasteiger partial charge in [-0.15, -0.1) is 0 Å². The van der Waals surface area contributed by atoms with Gasteiger partial charge in [-0.3, -0.25) is 0 Å². The van der Waals surface area contributed by atoms with Crippen molar-refractivity contribution in [2.24, 2.45) is 5.73 Å². The van der Waals surface area contributed by atoms with E-state index in [1.807, 2.05) is 0 Å². The second-order valence-electron chi connectivity index (χ2n) is 4.45. The maximum Gasteiger partial charge on any atom is 0.387 e. The molecule has 0 fully saturated rings. The lowest BCUT2D eigenvalue weighted by molar-refractivity contribution is -0.0505. The highest BCUT2D eigenvalue weighted by atomic mass is 19.3. The molecule has 0 amide bonds. The molecular formula is C14H22F2N2O2. The lowest BCUT2D eigenvalue weighted by Gasteiger charge is -2.19. The zero-order valence-electron chi connectivity index (χ0n) is 11.6. The largest absolute Gasteiger partial charge is 0.434 e. The smallest absolute Gasteiger partial charge is 0.387 e. The lowest BCUT2D eigenvalue weighted by Crippen LogP contribution is -2.33.